The SMILES string of the molecule is CCCC[C@@H](OCCN1CCOCC1)[C@H](CCC[C@H](N[C@@H]1CCCOC1)C(=O)O)OC. The second-order valence-electron chi connectivity index (χ2n) is 8.68. The van der Waals surface area contributed by atoms with Crippen LogP contribution >= 0.6 is 0 Å². The summed E-state index contributed by atoms with van der Waals surface area (Å²) in [5.74, 6) is -0.788. The highest BCUT2D eigenvalue weighted by Gasteiger charge is 2.26. The van der Waals surface area contributed by atoms with E-state index in [1.54, 1.807) is 7.11 Å². The highest BCUT2D eigenvalue weighted by Crippen LogP contribution is 2.19. The van der Waals surface area contributed by atoms with Gasteiger partial charge >= 0.3 is 5.97 Å². The Morgan fingerprint density at radius 3 is 2.55 bits per heavy atom. The molecule has 2 N–H and O–H groups in total. The summed E-state index contributed by atoms with van der Waals surface area (Å²) >= 11 is 0. The van der Waals surface area contributed by atoms with Gasteiger partial charge in [-0.15, -0.1) is 0 Å². The summed E-state index contributed by atoms with van der Waals surface area (Å²) in [6, 6.07) is -0.408. The number of hydrogen-bond acceptors (Lipinski definition) is 7. The molecule has 2 rings (SSSR count). The minimum absolute atomic E-state index is 0.0105. The maximum atomic E-state index is 11.7. The van der Waals surface area contributed by atoms with Gasteiger partial charge in [0.25, 0.3) is 0 Å². The second-order valence-corrected chi connectivity index (χ2v) is 8.68. The summed E-state index contributed by atoms with van der Waals surface area (Å²) in [6.45, 7) is 8.68. The van der Waals surface area contributed by atoms with Crippen LogP contribution in [-0.2, 0) is 23.7 Å². The van der Waals surface area contributed by atoms with Crippen LogP contribution in [0.3, 0.4) is 0 Å². The molecule has 182 valence electrons. The zero-order valence-electron chi connectivity index (χ0n) is 19.6. The largest absolute Gasteiger partial charge is 0.480 e. The van der Waals surface area contributed by atoms with Crippen molar-refractivity contribution in [1.82, 2.24) is 10.2 Å². The lowest BCUT2D eigenvalue weighted by Crippen LogP contribution is -2.47. The molecule has 8 nitrogen and oxygen atoms in total. The van der Waals surface area contributed by atoms with E-state index < -0.39 is 12.0 Å². The molecule has 0 saturated carbocycles. The van der Waals surface area contributed by atoms with Crippen molar-refractivity contribution in [2.45, 2.75) is 82.6 Å². The summed E-state index contributed by atoms with van der Waals surface area (Å²) < 4.78 is 22.9. The molecule has 0 aliphatic carbocycles. The van der Waals surface area contributed by atoms with Crippen LogP contribution in [0.5, 0.6) is 0 Å². The van der Waals surface area contributed by atoms with Crippen molar-refractivity contribution >= 4 is 5.97 Å². The molecule has 0 radical (unpaired) electrons. The van der Waals surface area contributed by atoms with E-state index in [0.717, 1.165) is 84.4 Å². The van der Waals surface area contributed by atoms with Crippen molar-refractivity contribution in [3.05, 3.63) is 0 Å². The number of carbonyl (C=O) groups is 1. The van der Waals surface area contributed by atoms with Crippen LogP contribution in [0, 0.1) is 0 Å². The minimum atomic E-state index is -0.788. The van der Waals surface area contributed by atoms with E-state index in [2.05, 4.69) is 17.1 Å². The highest BCUT2D eigenvalue weighted by atomic mass is 16.5. The van der Waals surface area contributed by atoms with Crippen LogP contribution in [0.15, 0.2) is 0 Å². The maximum Gasteiger partial charge on any atom is 0.320 e. The van der Waals surface area contributed by atoms with Crippen LogP contribution in [0.1, 0.15) is 58.3 Å². The Bertz CT molecular complexity index is 469. The molecule has 0 aromatic carbocycles. The van der Waals surface area contributed by atoms with E-state index in [9.17, 15) is 9.90 Å². The molecule has 0 aromatic rings. The third-order valence-electron chi connectivity index (χ3n) is 6.28. The number of carboxylic acid groups (broad SMARTS) is 1. The second kappa shape index (κ2) is 15.9. The molecule has 2 aliphatic rings. The summed E-state index contributed by atoms with van der Waals surface area (Å²) in [5, 5.41) is 12.9. The van der Waals surface area contributed by atoms with Gasteiger partial charge in [-0.2, -0.15) is 0 Å². The van der Waals surface area contributed by atoms with Gasteiger partial charge in [-0.25, -0.2) is 0 Å². The zero-order chi connectivity index (χ0) is 22.3. The van der Waals surface area contributed by atoms with Crippen molar-refractivity contribution in [3.63, 3.8) is 0 Å². The number of unbranched alkanes of at least 4 members (excludes halogenated alkanes) is 1. The number of morpholine rings is 1. The lowest BCUT2D eigenvalue weighted by atomic mass is 9.99. The number of hydrogen-bond donors (Lipinski definition) is 2. The Labute approximate surface area is 187 Å². The summed E-state index contributed by atoms with van der Waals surface area (Å²) in [4.78, 5) is 14.1. The molecular weight excluding hydrogens is 400 g/mol. The van der Waals surface area contributed by atoms with Crippen LogP contribution in [0.4, 0.5) is 0 Å². The van der Waals surface area contributed by atoms with Crippen LogP contribution in [0.25, 0.3) is 0 Å². The fourth-order valence-corrected chi connectivity index (χ4v) is 4.35. The third kappa shape index (κ3) is 10.6. The number of nitrogens with zero attached hydrogens (tertiary/aromatic N) is 1. The van der Waals surface area contributed by atoms with Gasteiger partial charge in [0.05, 0.1) is 38.6 Å². The van der Waals surface area contributed by atoms with Crippen LogP contribution in [-0.4, -0.2) is 100 Å². The standard InChI is InChI=1S/C23H44N2O6/c1-3-4-9-22(31-17-13-25-11-15-29-16-12-25)21(28-2)10-5-8-20(23(26)27)24-19-7-6-14-30-18-19/h19-22,24H,3-18H2,1-2H3,(H,26,27)/t19-,20+,21+,22-/m1/s1. The number of methoxy groups -OCH3 is 1. The van der Waals surface area contributed by atoms with Crippen LogP contribution in [0.2, 0.25) is 0 Å². The van der Waals surface area contributed by atoms with Crippen molar-refractivity contribution in [3.8, 4) is 0 Å². The first-order chi connectivity index (χ1) is 15.1. The Hall–Kier alpha value is -0.770. The first-order valence-electron chi connectivity index (χ1n) is 12.1. The average molecular weight is 445 g/mol. The lowest BCUT2D eigenvalue weighted by molar-refractivity contribution is -0.140. The predicted octanol–water partition coefficient (Wildman–Crippen LogP) is 2.30. The van der Waals surface area contributed by atoms with Gasteiger partial charge in [-0.05, 0) is 38.5 Å². The van der Waals surface area contributed by atoms with Crippen molar-refractivity contribution in [1.29, 1.82) is 0 Å². The third-order valence-corrected chi connectivity index (χ3v) is 6.28. The molecule has 2 fully saturated rings. The molecule has 0 spiro atoms. The molecular formula is C23H44N2O6. The molecule has 0 bridgehead atoms. The first-order valence-corrected chi connectivity index (χ1v) is 12.1. The van der Waals surface area contributed by atoms with Gasteiger partial charge in [0.1, 0.15) is 6.04 Å². The average Bonchev–Trinajstić information content (AvgIpc) is 2.80. The lowest BCUT2D eigenvalue weighted by Gasteiger charge is -2.30. The normalized spacial score (nSPS) is 23.4. The Kier molecular flexibility index (Phi) is 13.6. The Morgan fingerprint density at radius 2 is 1.90 bits per heavy atom. The smallest absolute Gasteiger partial charge is 0.320 e. The van der Waals surface area contributed by atoms with Gasteiger partial charge < -0.3 is 24.1 Å². The van der Waals surface area contributed by atoms with Gasteiger partial charge in [0.2, 0.25) is 0 Å². The van der Waals surface area contributed by atoms with Gasteiger partial charge in [-0.3, -0.25) is 15.0 Å². The molecule has 2 aliphatic heterocycles. The molecule has 0 unspecified atom stereocenters. The van der Waals surface area contributed by atoms with Gasteiger partial charge in [0, 0.05) is 39.4 Å². The van der Waals surface area contributed by atoms with E-state index in [1.165, 1.54) is 0 Å². The van der Waals surface area contributed by atoms with Gasteiger partial charge in [-0.1, -0.05) is 19.8 Å². The maximum absolute atomic E-state index is 11.7. The number of carboxylic acids is 1. The van der Waals surface area contributed by atoms with Crippen molar-refractivity contribution in [2.75, 3.05) is 59.8 Å². The number of nitrogens with one attached hydrogen (secondary N) is 1. The quantitative estimate of drug-likeness (QED) is 0.375. The van der Waals surface area contributed by atoms with Crippen LogP contribution < -0.4 is 5.32 Å². The molecule has 2 heterocycles. The Morgan fingerprint density at radius 1 is 1.13 bits per heavy atom. The topological polar surface area (TPSA) is 89.5 Å². The fraction of sp³-hybridized carbons (Fsp3) is 0.957. The van der Waals surface area contributed by atoms with E-state index in [4.69, 9.17) is 18.9 Å². The minimum Gasteiger partial charge on any atom is -0.480 e. The molecule has 8 heteroatoms. The Balaban J connectivity index is 1.77. The van der Waals surface area contributed by atoms with E-state index in [1.807, 2.05) is 0 Å². The summed E-state index contributed by atoms with van der Waals surface area (Å²) in [7, 11) is 1.74. The monoisotopic (exact) mass is 444 g/mol. The van der Waals surface area contributed by atoms with E-state index in [0.29, 0.717) is 19.6 Å². The molecule has 2 saturated heterocycles. The predicted molar refractivity (Wildman–Crippen MR) is 120 cm³/mol. The van der Waals surface area contributed by atoms with Gasteiger partial charge in [0.15, 0.2) is 0 Å². The van der Waals surface area contributed by atoms with E-state index >= 15 is 0 Å². The zero-order valence-corrected chi connectivity index (χ0v) is 19.6. The number of ether oxygens (including phenoxy) is 4. The molecule has 4 atom stereocenters. The first kappa shape index (κ1) is 26.5. The highest BCUT2D eigenvalue weighted by molar-refractivity contribution is 5.73. The molecule has 0 aromatic heterocycles. The number of aliphatic carboxylic acids is 1. The fourth-order valence-electron chi connectivity index (χ4n) is 4.35. The summed E-state index contributed by atoms with van der Waals surface area (Å²) in [5.41, 5.74) is 0. The summed E-state index contributed by atoms with van der Waals surface area (Å²) in [6.07, 6.45) is 7.35. The molecule has 31 heavy (non-hydrogen) atoms. The van der Waals surface area contributed by atoms with E-state index in [-0.39, 0.29) is 18.2 Å². The van der Waals surface area contributed by atoms with Crippen molar-refractivity contribution < 1.29 is 28.8 Å². The number of rotatable bonds is 16. The van der Waals surface area contributed by atoms with Crippen molar-refractivity contribution in [2.24, 2.45) is 0 Å². The molecule has 0 amide bonds.